The number of carbonyl (C=O) groups is 3. The number of hydrogen-bond donors (Lipinski definition) is 2. The van der Waals surface area contributed by atoms with Gasteiger partial charge < -0.3 is 15.4 Å². The Morgan fingerprint density at radius 3 is 2.04 bits per heavy atom. The van der Waals surface area contributed by atoms with Crippen molar-refractivity contribution in [1.29, 1.82) is 0 Å². The van der Waals surface area contributed by atoms with Crippen molar-refractivity contribution in [2.45, 2.75) is 38.5 Å². The van der Waals surface area contributed by atoms with Crippen LogP contribution in [0.25, 0.3) is 0 Å². The molecule has 28 heavy (non-hydrogen) atoms. The quantitative estimate of drug-likeness (QED) is 0.453. The zero-order valence-corrected chi connectivity index (χ0v) is 16.1. The van der Waals surface area contributed by atoms with E-state index in [-0.39, 0.29) is 18.1 Å². The number of para-hydroxylation sites is 1. The first kappa shape index (κ1) is 21.2. The fourth-order valence-corrected chi connectivity index (χ4v) is 2.63. The summed E-state index contributed by atoms with van der Waals surface area (Å²) in [5.41, 5.74) is 0.724. The molecule has 0 aliphatic heterocycles. The predicted molar refractivity (Wildman–Crippen MR) is 108 cm³/mol. The lowest BCUT2D eigenvalue weighted by Crippen LogP contribution is -2.27. The Bertz CT molecular complexity index is 773. The molecule has 2 rings (SSSR count). The van der Waals surface area contributed by atoms with Gasteiger partial charge in [-0.2, -0.15) is 0 Å². The van der Waals surface area contributed by atoms with Crippen LogP contribution in [0, 0.1) is 0 Å². The molecule has 0 atom stereocenters. The number of carbonyl (C=O) groups excluding carboxylic acids is 3. The number of nitrogens with one attached hydrogen (secondary N) is 2. The van der Waals surface area contributed by atoms with Gasteiger partial charge in [0, 0.05) is 25.6 Å². The summed E-state index contributed by atoms with van der Waals surface area (Å²) >= 11 is 0. The molecule has 2 amide bonds. The lowest BCUT2D eigenvalue weighted by atomic mass is 10.1. The second kappa shape index (κ2) is 11.5. The van der Waals surface area contributed by atoms with Gasteiger partial charge in [-0.3, -0.25) is 14.4 Å². The van der Waals surface area contributed by atoms with Crippen molar-refractivity contribution >= 4 is 23.3 Å². The molecule has 0 bridgehead atoms. The maximum Gasteiger partial charge on any atom is 0.287 e. The molecule has 2 aromatic carbocycles. The Morgan fingerprint density at radius 1 is 0.786 bits per heavy atom. The zero-order valence-electron chi connectivity index (χ0n) is 16.1. The van der Waals surface area contributed by atoms with E-state index in [1.165, 1.54) is 7.05 Å². The molecule has 0 saturated heterocycles. The predicted octanol–water partition coefficient (Wildman–Crippen LogP) is 4.07. The molecule has 6 nitrogen and oxygen atoms in total. The third-order valence-corrected chi connectivity index (χ3v) is 4.15. The topological polar surface area (TPSA) is 84.5 Å². The molecule has 0 aliphatic carbocycles. The van der Waals surface area contributed by atoms with Crippen LogP contribution < -0.4 is 15.4 Å². The maximum atomic E-state index is 12.0. The van der Waals surface area contributed by atoms with Gasteiger partial charge in [-0.15, -0.1) is 0 Å². The third kappa shape index (κ3) is 7.61. The number of rotatable bonds is 11. The largest absolute Gasteiger partial charge is 0.457 e. The number of unbranched alkanes of at least 4 members (excludes halogenated alkanes) is 3. The van der Waals surface area contributed by atoms with Gasteiger partial charge in [-0.25, -0.2) is 0 Å². The van der Waals surface area contributed by atoms with E-state index in [1.54, 1.807) is 12.1 Å². The van der Waals surface area contributed by atoms with E-state index in [0.717, 1.165) is 30.7 Å². The Kier molecular flexibility index (Phi) is 8.72. The van der Waals surface area contributed by atoms with Crippen molar-refractivity contribution in [3.8, 4) is 11.5 Å². The molecule has 0 heterocycles. The molecule has 0 aliphatic rings. The van der Waals surface area contributed by atoms with Crippen LogP contribution in [0.4, 0.5) is 5.69 Å². The minimum Gasteiger partial charge on any atom is -0.457 e. The maximum absolute atomic E-state index is 12.0. The first-order valence-electron chi connectivity index (χ1n) is 9.46. The van der Waals surface area contributed by atoms with Crippen molar-refractivity contribution < 1.29 is 19.1 Å². The number of amides is 2. The second-order valence-corrected chi connectivity index (χ2v) is 6.40. The van der Waals surface area contributed by atoms with Crippen molar-refractivity contribution in [3.05, 3.63) is 54.6 Å². The van der Waals surface area contributed by atoms with Crippen molar-refractivity contribution in [2.24, 2.45) is 0 Å². The molecule has 0 saturated carbocycles. The SMILES string of the molecule is CNC(=O)C(=O)CCCCCCC(=O)Nc1ccc(Oc2ccccc2)cc1. The van der Waals surface area contributed by atoms with Crippen LogP contribution in [-0.4, -0.2) is 24.6 Å². The first-order valence-corrected chi connectivity index (χ1v) is 9.46. The first-order chi connectivity index (χ1) is 13.6. The normalized spacial score (nSPS) is 10.2. The minimum atomic E-state index is -0.542. The van der Waals surface area contributed by atoms with Crippen molar-refractivity contribution in [3.63, 3.8) is 0 Å². The average Bonchev–Trinajstić information content (AvgIpc) is 2.72. The van der Waals surface area contributed by atoms with Crippen LogP contribution >= 0.6 is 0 Å². The molecule has 0 aromatic heterocycles. The molecular formula is C22H26N2O4. The number of anilines is 1. The summed E-state index contributed by atoms with van der Waals surface area (Å²) in [5, 5.41) is 5.18. The molecule has 2 N–H and O–H groups in total. The van der Waals surface area contributed by atoms with Gasteiger partial charge in [0.1, 0.15) is 11.5 Å². The number of benzene rings is 2. The number of Topliss-reactive ketones (excluding diaryl/α,β-unsaturated/α-hetero) is 1. The summed E-state index contributed by atoms with van der Waals surface area (Å²) in [5.74, 6) is 0.490. The van der Waals surface area contributed by atoms with Crippen LogP contribution in [0.5, 0.6) is 11.5 Å². The van der Waals surface area contributed by atoms with Crippen LogP contribution in [0.2, 0.25) is 0 Å². The highest BCUT2D eigenvalue weighted by Gasteiger charge is 2.10. The number of hydrogen-bond acceptors (Lipinski definition) is 4. The highest BCUT2D eigenvalue weighted by Crippen LogP contribution is 2.22. The van der Waals surface area contributed by atoms with Crippen LogP contribution in [-0.2, 0) is 14.4 Å². The fraction of sp³-hybridized carbons (Fsp3) is 0.318. The van der Waals surface area contributed by atoms with Crippen LogP contribution in [0.1, 0.15) is 38.5 Å². The Labute approximate surface area is 165 Å². The monoisotopic (exact) mass is 382 g/mol. The standard InChI is InChI=1S/C22H26N2O4/c1-23-22(27)20(25)11-7-2-3-8-12-21(26)24-17-13-15-19(16-14-17)28-18-9-5-4-6-10-18/h4-6,9-10,13-16H,2-3,7-8,11-12H2,1H3,(H,23,27)(H,24,26). The Balaban J connectivity index is 1.62. The van der Waals surface area contributed by atoms with Crippen molar-refractivity contribution in [1.82, 2.24) is 5.32 Å². The van der Waals surface area contributed by atoms with E-state index in [1.807, 2.05) is 42.5 Å². The summed E-state index contributed by atoms with van der Waals surface area (Å²) in [6.45, 7) is 0. The van der Waals surface area contributed by atoms with Gasteiger partial charge in [-0.05, 0) is 49.2 Å². The summed E-state index contributed by atoms with van der Waals surface area (Å²) in [4.78, 5) is 34.5. The van der Waals surface area contributed by atoms with Crippen LogP contribution in [0.3, 0.4) is 0 Å². The van der Waals surface area contributed by atoms with E-state index in [2.05, 4.69) is 10.6 Å². The lowest BCUT2D eigenvalue weighted by molar-refractivity contribution is -0.137. The Hall–Kier alpha value is -3.15. The molecule has 2 aromatic rings. The smallest absolute Gasteiger partial charge is 0.287 e. The van der Waals surface area contributed by atoms with Gasteiger partial charge in [0.25, 0.3) is 5.91 Å². The molecule has 6 heteroatoms. The number of ketones is 1. The van der Waals surface area contributed by atoms with Gasteiger partial charge in [0.2, 0.25) is 11.7 Å². The third-order valence-electron chi connectivity index (χ3n) is 4.15. The Morgan fingerprint density at radius 2 is 1.39 bits per heavy atom. The van der Waals surface area contributed by atoms with E-state index >= 15 is 0 Å². The van der Waals surface area contributed by atoms with Gasteiger partial charge in [-0.1, -0.05) is 31.0 Å². The molecule has 0 fully saturated rings. The number of ether oxygens (including phenoxy) is 1. The van der Waals surface area contributed by atoms with Crippen molar-refractivity contribution in [2.75, 3.05) is 12.4 Å². The fourth-order valence-electron chi connectivity index (χ4n) is 2.63. The van der Waals surface area contributed by atoms with E-state index in [0.29, 0.717) is 18.6 Å². The average molecular weight is 382 g/mol. The zero-order chi connectivity index (χ0) is 20.2. The van der Waals surface area contributed by atoms with Gasteiger partial charge in [0.15, 0.2) is 0 Å². The summed E-state index contributed by atoms with van der Waals surface area (Å²) < 4.78 is 5.72. The molecular weight excluding hydrogens is 356 g/mol. The summed E-state index contributed by atoms with van der Waals surface area (Å²) in [7, 11) is 1.45. The molecule has 0 unspecified atom stereocenters. The lowest BCUT2D eigenvalue weighted by Gasteiger charge is -2.08. The minimum absolute atomic E-state index is 0.0434. The molecule has 0 radical (unpaired) electrons. The highest BCUT2D eigenvalue weighted by molar-refractivity contribution is 6.36. The van der Waals surface area contributed by atoms with Gasteiger partial charge in [0.05, 0.1) is 0 Å². The highest BCUT2D eigenvalue weighted by atomic mass is 16.5. The van der Waals surface area contributed by atoms with E-state index in [9.17, 15) is 14.4 Å². The van der Waals surface area contributed by atoms with E-state index in [4.69, 9.17) is 4.74 Å². The van der Waals surface area contributed by atoms with Gasteiger partial charge >= 0.3 is 0 Å². The summed E-state index contributed by atoms with van der Waals surface area (Å²) in [6, 6.07) is 16.7. The van der Waals surface area contributed by atoms with E-state index < -0.39 is 5.91 Å². The molecule has 0 spiro atoms. The molecule has 148 valence electrons. The van der Waals surface area contributed by atoms with Crippen LogP contribution in [0.15, 0.2) is 54.6 Å². The second-order valence-electron chi connectivity index (χ2n) is 6.40. The number of likely N-dealkylation sites (N-methyl/N-ethyl adjacent to an activating group) is 1. The summed E-state index contributed by atoms with van der Waals surface area (Å²) in [6.07, 6.45) is 3.75.